The third-order valence-corrected chi connectivity index (χ3v) is 13.2. The maximum Gasteiger partial charge on any atom is 0.164 e. The smallest absolute Gasteiger partial charge is 0.164 e. The number of para-hydroxylation sites is 1. The number of benzene rings is 7. The van der Waals surface area contributed by atoms with E-state index in [1.807, 2.05) is 0 Å². The molecule has 0 unspecified atom stereocenters. The molecule has 0 spiro atoms. The summed E-state index contributed by atoms with van der Waals surface area (Å²) in [4.78, 5) is 16.1. The van der Waals surface area contributed by atoms with E-state index in [9.17, 15) is 0 Å². The lowest BCUT2D eigenvalue weighted by atomic mass is 9.82. The van der Waals surface area contributed by atoms with Gasteiger partial charge in [-0.1, -0.05) is 147 Å². The first-order chi connectivity index (χ1) is 29.5. The van der Waals surface area contributed by atoms with Crippen molar-refractivity contribution < 1.29 is 0 Å². The number of hydrogen-bond donors (Lipinski definition) is 0. The van der Waals surface area contributed by atoms with Crippen molar-refractivity contribution >= 4 is 38.2 Å². The molecule has 0 saturated carbocycles. The molecule has 2 aromatic heterocycles. The zero-order chi connectivity index (χ0) is 40.0. The molecule has 0 bridgehead atoms. The maximum absolute atomic E-state index is 5.42. The Morgan fingerprint density at radius 1 is 0.517 bits per heavy atom. The minimum Gasteiger partial charge on any atom is -0.309 e. The van der Waals surface area contributed by atoms with E-state index in [0.29, 0.717) is 11.6 Å². The van der Waals surface area contributed by atoms with Crippen molar-refractivity contribution in [2.24, 2.45) is 0 Å². The summed E-state index contributed by atoms with van der Waals surface area (Å²) in [7, 11) is 0. The molecule has 0 N–H and O–H groups in total. The molecule has 4 heteroatoms. The van der Waals surface area contributed by atoms with Gasteiger partial charge in [-0.15, -0.1) is 0 Å². The Balaban J connectivity index is 1.12. The van der Waals surface area contributed by atoms with E-state index in [1.165, 1.54) is 60.9 Å². The Hall–Kier alpha value is -7.17. The SMILES string of the molecule is CC1(C)c2ccccc2-c2c(-c3ccc4c(c3)c3c(-c5nc(C6=CC7=C(C=CCC7)CC6)nc(-c6ccc7ccccc7c6)n5)cccc3n4-c3ccccc3)cccc21. The quantitative estimate of drug-likeness (QED) is 0.175. The third-order valence-electron chi connectivity index (χ3n) is 13.2. The largest absolute Gasteiger partial charge is 0.309 e. The molecule has 0 radical (unpaired) electrons. The van der Waals surface area contributed by atoms with Gasteiger partial charge in [0.1, 0.15) is 0 Å². The second-order valence-corrected chi connectivity index (χ2v) is 17.0. The molecule has 12 rings (SSSR count). The molecule has 60 heavy (non-hydrogen) atoms. The van der Waals surface area contributed by atoms with Crippen LogP contribution in [0.1, 0.15) is 56.5 Å². The number of hydrogen-bond acceptors (Lipinski definition) is 3. The summed E-state index contributed by atoms with van der Waals surface area (Å²) < 4.78 is 2.40. The average molecular weight is 771 g/mol. The lowest BCUT2D eigenvalue weighted by Gasteiger charge is -2.21. The van der Waals surface area contributed by atoms with Gasteiger partial charge in [-0.25, -0.2) is 15.0 Å². The Labute approximate surface area is 349 Å². The zero-order valence-electron chi connectivity index (χ0n) is 33.8. The van der Waals surface area contributed by atoms with Crippen LogP contribution in [-0.2, 0) is 5.41 Å². The van der Waals surface area contributed by atoms with Crippen LogP contribution < -0.4 is 0 Å². The van der Waals surface area contributed by atoms with E-state index in [2.05, 4.69) is 188 Å². The predicted molar refractivity (Wildman–Crippen MR) is 248 cm³/mol. The van der Waals surface area contributed by atoms with Crippen LogP contribution in [0.5, 0.6) is 0 Å². The van der Waals surface area contributed by atoms with Crippen molar-refractivity contribution in [3.63, 3.8) is 0 Å². The molecule has 0 aliphatic heterocycles. The van der Waals surface area contributed by atoms with Crippen molar-refractivity contribution in [3.8, 4) is 50.7 Å². The molecule has 0 fully saturated rings. The summed E-state index contributed by atoms with van der Waals surface area (Å²) in [6.07, 6.45) is 11.0. The molecule has 286 valence electrons. The Bertz CT molecular complexity index is 3340. The zero-order valence-corrected chi connectivity index (χ0v) is 33.8. The summed E-state index contributed by atoms with van der Waals surface area (Å²) in [5, 5.41) is 4.66. The van der Waals surface area contributed by atoms with Crippen LogP contribution in [0.4, 0.5) is 0 Å². The highest BCUT2D eigenvalue weighted by Gasteiger charge is 2.36. The Morgan fingerprint density at radius 3 is 2.17 bits per heavy atom. The van der Waals surface area contributed by atoms with E-state index in [4.69, 9.17) is 15.0 Å². The van der Waals surface area contributed by atoms with Crippen LogP contribution in [0, 0.1) is 0 Å². The molecule has 9 aromatic rings. The van der Waals surface area contributed by atoms with Crippen LogP contribution in [0.3, 0.4) is 0 Å². The van der Waals surface area contributed by atoms with Gasteiger partial charge in [-0.3, -0.25) is 0 Å². The van der Waals surface area contributed by atoms with Gasteiger partial charge in [0.05, 0.1) is 11.0 Å². The third kappa shape index (κ3) is 5.40. The fourth-order valence-corrected chi connectivity index (χ4v) is 10.2. The molecule has 3 aliphatic rings. The summed E-state index contributed by atoms with van der Waals surface area (Å²) in [6.45, 7) is 4.70. The van der Waals surface area contributed by atoms with Gasteiger partial charge < -0.3 is 4.57 Å². The van der Waals surface area contributed by atoms with Crippen LogP contribution in [0.2, 0.25) is 0 Å². The maximum atomic E-state index is 5.42. The van der Waals surface area contributed by atoms with Crippen molar-refractivity contribution in [2.45, 2.75) is 44.9 Å². The lowest BCUT2D eigenvalue weighted by molar-refractivity contribution is 0.660. The number of nitrogens with zero attached hydrogens (tertiary/aromatic N) is 4. The van der Waals surface area contributed by atoms with E-state index >= 15 is 0 Å². The van der Waals surface area contributed by atoms with Gasteiger partial charge in [-0.05, 0) is 123 Å². The molecule has 0 saturated heterocycles. The number of rotatable bonds is 5. The fraction of sp³-hybridized carbons (Fsp3) is 0.125. The summed E-state index contributed by atoms with van der Waals surface area (Å²) in [5.41, 5.74) is 17.2. The molecular weight excluding hydrogens is 729 g/mol. The fourth-order valence-electron chi connectivity index (χ4n) is 10.2. The van der Waals surface area contributed by atoms with Gasteiger partial charge in [0.15, 0.2) is 17.5 Å². The first-order valence-corrected chi connectivity index (χ1v) is 21.2. The van der Waals surface area contributed by atoms with E-state index < -0.39 is 0 Å². The standard InChI is InChI=1S/C56H42N4/c1-56(2)47-23-11-10-20-44(47)51-43(21-12-24-48(51)56)39-30-31-49-46(34-39)52-45(22-13-25-50(52)60(49)42-18-4-3-5-19-42)55-58-53(40-28-26-35-14-6-8-16-37(35)32-40)57-54(59-55)41-29-27-36-15-7-9-17-38(36)33-41/h3-8,10-16,18-26,28,30-34H,9,17,27,29H2,1-2H3. The molecule has 4 nitrogen and oxygen atoms in total. The molecule has 7 aromatic carbocycles. The molecule has 0 atom stereocenters. The monoisotopic (exact) mass is 770 g/mol. The minimum absolute atomic E-state index is 0.0821. The highest BCUT2D eigenvalue weighted by atomic mass is 15.0. The van der Waals surface area contributed by atoms with E-state index in [1.54, 1.807) is 0 Å². The first kappa shape index (κ1) is 34.8. The lowest BCUT2D eigenvalue weighted by Crippen LogP contribution is -2.14. The van der Waals surface area contributed by atoms with Crippen molar-refractivity contribution in [3.05, 3.63) is 198 Å². The van der Waals surface area contributed by atoms with Gasteiger partial charge in [0.2, 0.25) is 0 Å². The normalized spacial score (nSPS) is 15.3. The first-order valence-electron chi connectivity index (χ1n) is 21.2. The number of fused-ring (bicyclic) bond motifs is 7. The average Bonchev–Trinajstić information content (AvgIpc) is 3.77. The van der Waals surface area contributed by atoms with E-state index in [-0.39, 0.29) is 5.41 Å². The number of allylic oxidation sites excluding steroid dienone is 6. The van der Waals surface area contributed by atoms with Crippen LogP contribution in [-0.4, -0.2) is 19.5 Å². The molecule has 2 heterocycles. The second kappa shape index (κ2) is 13.4. The van der Waals surface area contributed by atoms with Crippen LogP contribution in [0.25, 0.3) is 88.9 Å². The van der Waals surface area contributed by atoms with Crippen LogP contribution >= 0.6 is 0 Å². The Morgan fingerprint density at radius 2 is 1.25 bits per heavy atom. The minimum atomic E-state index is -0.0821. The van der Waals surface area contributed by atoms with Crippen molar-refractivity contribution in [2.75, 3.05) is 0 Å². The van der Waals surface area contributed by atoms with Crippen molar-refractivity contribution in [1.29, 1.82) is 0 Å². The molecule has 3 aliphatic carbocycles. The highest BCUT2D eigenvalue weighted by molar-refractivity contribution is 6.16. The second-order valence-electron chi connectivity index (χ2n) is 17.0. The predicted octanol–water partition coefficient (Wildman–Crippen LogP) is 14.3. The molecular formula is C56H42N4. The molecule has 0 amide bonds. The van der Waals surface area contributed by atoms with Crippen LogP contribution in [0.15, 0.2) is 181 Å². The van der Waals surface area contributed by atoms with Gasteiger partial charge >= 0.3 is 0 Å². The van der Waals surface area contributed by atoms with Gasteiger partial charge in [-0.2, -0.15) is 0 Å². The van der Waals surface area contributed by atoms with Crippen molar-refractivity contribution in [1.82, 2.24) is 19.5 Å². The van der Waals surface area contributed by atoms with E-state index in [0.717, 1.165) is 70.1 Å². The topological polar surface area (TPSA) is 43.6 Å². The highest BCUT2D eigenvalue weighted by Crippen LogP contribution is 2.52. The summed E-state index contributed by atoms with van der Waals surface area (Å²) >= 11 is 0. The number of aromatic nitrogens is 4. The summed E-state index contributed by atoms with van der Waals surface area (Å²) in [6, 6.07) is 55.1. The summed E-state index contributed by atoms with van der Waals surface area (Å²) in [5.74, 6) is 2.14. The Kier molecular flexibility index (Phi) is 7.80. The van der Waals surface area contributed by atoms with Gasteiger partial charge in [0, 0.05) is 33.0 Å². The van der Waals surface area contributed by atoms with Gasteiger partial charge in [0.25, 0.3) is 0 Å².